The van der Waals surface area contributed by atoms with E-state index in [0.717, 1.165) is 31.2 Å². The van der Waals surface area contributed by atoms with Gasteiger partial charge in [0.25, 0.3) is 5.69 Å². The molecule has 108 valence electrons. The average molecular weight is 277 g/mol. The number of nitro benzene ring substituents is 1. The Hall–Kier alpha value is -1.95. The monoisotopic (exact) mass is 277 g/mol. The van der Waals surface area contributed by atoms with Crippen LogP contribution in [0.3, 0.4) is 0 Å². The smallest absolute Gasteiger partial charge is 0.269 e. The normalized spacial score (nSPS) is 22.2. The number of amides is 1. The quantitative estimate of drug-likeness (QED) is 0.646. The average Bonchev–Trinajstić information content (AvgIpc) is 2.45. The number of nitrogens with zero attached hydrogens (tertiary/aromatic N) is 1. The van der Waals surface area contributed by atoms with Gasteiger partial charge >= 0.3 is 0 Å². The van der Waals surface area contributed by atoms with Crippen molar-refractivity contribution in [2.75, 3.05) is 0 Å². The highest BCUT2D eigenvalue weighted by molar-refractivity contribution is 5.78. The van der Waals surface area contributed by atoms with Gasteiger partial charge in [-0.1, -0.05) is 18.6 Å². The second-order valence-corrected chi connectivity index (χ2v) is 5.26. The van der Waals surface area contributed by atoms with Crippen molar-refractivity contribution in [1.29, 1.82) is 0 Å². The number of carbonyl (C=O) groups excluding carboxylic acids is 1. The number of nitro groups is 1. The van der Waals surface area contributed by atoms with Crippen LogP contribution in [-0.2, 0) is 11.3 Å². The Balaban J connectivity index is 1.85. The zero-order chi connectivity index (χ0) is 14.5. The molecule has 1 aromatic rings. The number of hydrogen-bond donors (Lipinski definition) is 2. The van der Waals surface area contributed by atoms with Crippen LogP contribution in [0.2, 0.25) is 0 Å². The number of benzene rings is 1. The van der Waals surface area contributed by atoms with Crippen LogP contribution in [0.5, 0.6) is 0 Å². The molecule has 1 aliphatic carbocycles. The molecular weight excluding hydrogens is 258 g/mol. The van der Waals surface area contributed by atoms with Crippen LogP contribution in [0.1, 0.15) is 31.2 Å². The van der Waals surface area contributed by atoms with Crippen molar-refractivity contribution in [3.63, 3.8) is 0 Å². The van der Waals surface area contributed by atoms with Gasteiger partial charge in [-0.3, -0.25) is 14.9 Å². The van der Waals surface area contributed by atoms with Crippen LogP contribution in [0, 0.1) is 16.0 Å². The molecule has 2 unspecified atom stereocenters. The van der Waals surface area contributed by atoms with Crippen molar-refractivity contribution < 1.29 is 9.72 Å². The van der Waals surface area contributed by atoms with Gasteiger partial charge in [0.15, 0.2) is 0 Å². The Morgan fingerprint density at radius 2 is 2.05 bits per heavy atom. The van der Waals surface area contributed by atoms with E-state index in [-0.39, 0.29) is 23.6 Å². The lowest BCUT2D eigenvalue weighted by molar-refractivity contribution is -0.384. The third kappa shape index (κ3) is 3.77. The van der Waals surface area contributed by atoms with E-state index < -0.39 is 4.92 Å². The predicted octanol–water partition coefficient (Wildman–Crippen LogP) is 1.73. The van der Waals surface area contributed by atoms with E-state index in [1.54, 1.807) is 12.1 Å². The topological polar surface area (TPSA) is 98.3 Å². The molecule has 2 rings (SSSR count). The van der Waals surface area contributed by atoms with E-state index in [2.05, 4.69) is 5.32 Å². The van der Waals surface area contributed by atoms with Crippen molar-refractivity contribution in [1.82, 2.24) is 5.32 Å². The highest BCUT2D eigenvalue weighted by Crippen LogP contribution is 2.23. The highest BCUT2D eigenvalue weighted by atomic mass is 16.6. The first kappa shape index (κ1) is 14.5. The van der Waals surface area contributed by atoms with E-state index >= 15 is 0 Å². The molecule has 0 aliphatic heterocycles. The highest BCUT2D eigenvalue weighted by Gasteiger charge is 2.24. The van der Waals surface area contributed by atoms with Crippen LogP contribution in [0.15, 0.2) is 24.3 Å². The Labute approximate surface area is 117 Å². The lowest BCUT2D eigenvalue weighted by Gasteiger charge is -2.25. The maximum Gasteiger partial charge on any atom is 0.269 e. The van der Waals surface area contributed by atoms with Gasteiger partial charge < -0.3 is 11.1 Å². The van der Waals surface area contributed by atoms with Crippen molar-refractivity contribution in [2.45, 2.75) is 38.3 Å². The summed E-state index contributed by atoms with van der Waals surface area (Å²) in [4.78, 5) is 22.1. The molecule has 1 fully saturated rings. The van der Waals surface area contributed by atoms with Crippen molar-refractivity contribution in [2.24, 2.45) is 11.7 Å². The summed E-state index contributed by atoms with van der Waals surface area (Å²) in [5.74, 6) is 0.0234. The van der Waals surface area contributed by atoms with Gasteiger partial charge in [-0.25, -0.2) is 0 Å². The Morgan fingerprint density at radius 3 is 2.65 bits per heavy atom. The van der Waals surface area contributed by atoms with Gasteiger partial charge in [-0.15, -0.1) is 0 Å². The van der Waals surface area contributed by atoms with Crippen LogP contribution in [0.25, 0.3) is 0 Å². The molecule has 2 atom stereocenters. The van der Waals surface area contributed by atoms with E-state index in [0.29, 0.717) is 6.54 Å². The molecule has 1 aromatic carbocycles. The number of non-ortho nitro benzene ring substituents is 1. The Kier molecular flexibility index (Phi) is 4.68. The fourth-order valence-electron chi connectivity index (χ4n) is 2.53. The summed E-state index contributed by atoms with van der Waals surface area (Å²) in [6.07, 6.45) is 3.62. The van der Waals surface area contributed by atoms with Crippen LogP contribution in [0.4, 0.5) is 5.69 Å². The number of nitrogens with two attached hydrogens (primary N) is 1. The van der Waals surface area contributed by atoms with Gasteiger partial charge in [0, 0.05) is 30.6 Å². The third-order valence-electron chi connectivity index (χ3n) is 3.70. The number of rotatable bonds is 4. The van der Waals surface area contributed by atoms with E-state index in [1.807, 2.05) is 0 Å². The summed E-state index contributed by atoms with van der Waals surface area (Å²) >= 11 is 0. The molecule has 1 amide bonds. The van der Waals surface area contributed by atoms with Crippen LogP contribution >= 0.6 is 0 Å². The lowest BCUT2D eigenvalue weighted by Crippen LogP contribution is -2.37. The molecule has 1 saturated carbocycles. The molecule has 6 nitrogen and oxygen atoms in total. The van der Waals surface area contributed by atoms with Crippen molar-refractivity contribution in [3.8, 4) is 0 Å². The molecule has 0 bridgehead atoms. The number of hydrogen-bond acceptors (Lipinski definition) is 4. The Bertz CT molecular complexity index is 487. The molecule has 0 radical (unpaired) electrons. The molecule has 1 aliphatic rings. The zero-order valence-corrected chi connectivity index (χ0v) is 11.2. The number of carbonyl (C=O) groups is 1. The van der Waals surface area contributed by atoms with Gasteiger partial charge in [0.2, 0.25) is 5.91 Å². The summed E-state index contributed by atoms with van der Waals surface area (Å²) < 4.78 is 0. The lowest BCUT2D eigenvalue weighted by atomic mass is 9.85. The standard InChI is InChI=1S/C14H19N3O3/c15-12-3-1-2-11(8-12)14(18)16-9-10-4-6-13(7-5-10)17(19)20/h4-7,11-12H,1-3,8-9,15H2,(H,16,18). The SMILES string of the molecule is NC1CCCC(C(=O)NCc2ccc([N+](=O)[O-])cc2)C1. The fraction of sp³-hybridized carbons (Fsp3) is 0.500. The first-order valence-corrected chi connectivity index (χ1v) is 6.83. The largest absolute Gasteiger partial charge is 0.352 e. The van der Waals surface area contributed by atoms with Gasteiger partial charge in [-0.2, -0.15) is 0 Å². The second kappa shape index (κ2) is 6.47. The minimum Gasteiger partial charge on any atom is -0.352 e. The summed E-state index contributed by atoms with van der Waals surface area (Å²) in [5.41, 5.74) is 6.78. The third-order valence-corrected chi connectivity index (χ3v) is 3.70. The zero-order valence-electron chi connectivity index (χ0n) is 11.2. The first-order valence-electron chi connectivity index (χ1n) is 6.83. The second-order valence-electron chi connectivity index (χ2n) is 5.26. The Morgan fingerprint density at radius 1 is 1.35 bits per heavy atom. The van der Waals surface area contributed by atoms with E-state index in [4.69, 9.17) is 5.73 Å². The molecule has 0 aromatic heterocycles. The van der Waals surface area contributed by atoms with Gasteiger partial charge in [0.05, 0.1) is 4.92 Å². The maximum atomic E-state index is 12.0. The van der Waals surface area contributed by atoms with E-state index in [1.165, 1.54) is 12.1 Å². The van der Waals surface area contributed by atoms with Crippen LogP contribution in [-0.4, -0.2) is 16.9 Å². The maximum absolute atomic E-state index is 12.0. The summed E-state index contributed by atoms with van der Waals surface area (Å²) in [7, 11) is 0. The summed E-state index contributed by atoms with van der Waals surface area (Å²) in [6.45, 7) is 0.391. The number of nitrogens with one attached hydrogen (secondary N) is 1. The fourth-order valence-corrected chi connectivity index (χ4v) is 2.53. The molecule has 3 N–H and O–H groups in total. The molecular formula is C14H19N3O3. The minimum absolute atomic E-state index is 0.00296. The van der Waals surface area contributed by atoms with Crippen molar-refractivity contribution in [3.05, 3.63) is 39.9 Å². The summed E-state index contributed by atoms with van der Waals surface area (Å²) in [5, 5.41) is 13.4. The molecule has 20 heavy (non-hydrogen) atoms. The van der Waals surface area contributed by atoms with E-state index in [9.17, 15) is 14.9 Å². The first-order chi connectivity index (χ1) is 9.56. The minimum atomic E-state index is -0.439. The molecule has 0 heterocycles. The predicted molar refractivity (Wildman–Crippen MR) is 74.9 cm³/mol. The summed E-state index contributed by atoms with van der Waals surface area (Å²) in [6, 6.07) is 6.32. The molecule has 6 heteroatoms. The molecule has 0 saturated heterocycles. The van der Waals surface area contributed by atoms with Crippen LogP contribution < -0.4 is 11.1 Å². The van der Waals surface area contributed by atoms with Gasteiger partial charge in [-0.05, 0) is 24.8 Å². The van der Waals surface area contributed by atoms with Gasteiger partial charge in [0.1, 0.15) is 0 Å². The molecule has 0 spiro atoms. The van der Waals surface area contributed by atoms with Crippen molar-refractivity contribution >= 4 is 11.6 Å².